The molecule has 5 nitrogen and oxygen atoms in total. The van der Waals surface area contributed by atoms with E-state index in [1.807, 2.05) is 0 Å². The number of anilines is 1. The van der Waals surface area contributed by atoms with E-state index >= 15 is 0 Å². The molecule has 3 aliphatic carbocycles. The zero-order valence-corrected chi connectivity index (χ0v) is 13.5. The van der Waals surface area contributed by atoms with Gasteiger partial charge in [-0.05, 0) is 49.8 Å². The summed E-state index contributed by atoms with van der Waals surface area (Å²) < 4.78 is 5.00. The third-order valence-corrected chi connectivity index (χ3v) is 5.37. The molecule has 124 valence electrons. The maximum Gasteiger partial charge on any atom is 0.338 e. The molecule has 0 spiro atoms. The first-order chi connectivity index (χ1) is 11.6. The van der Waals surface area contributed by atoms with Crippen LogP contribution >= 0.6 is 0 Å². The summed E-state index contributed by atoms with van der Waals surface area (Å²) in [5, 5.41) is 0. The Bertz CT molecular complexity index is 721. The predicted octanol–water partition coefficient (Wildman–Crippen LogP) is 2.56. The van der Waals surface area contributed by atoms with Crippen molar-refractivity contribution < 1.29 is 19.1 Å². The molecular formula is C19H19NO4. The monoisotopic (exact) mass is 325 g/mol. The van der Waals surface area contributed by atoms with E-state index in [-0.39, 0.29) is 42.1 Å². The lowest BCUT2D eigenvalue weighted by atomic mass is 9.63. The van der Waals surface area contributed by atoms with Gasteiger partial charge in [-0.25, -0.2) is 9.69 Å². The predicted molar refractivity (Wildman–Crippen MR) is 87.2 cm³/mol. The summed E-state index contributed by atoms with van der Waals surface area (Å²) in [6, 6.07) is 6.58. The van der Waals surface area contributed by atoms with Gasteiger partial charge in [0.25, 0.3) is 0 Å². The largest absolute Gasteiger partial charge is 0.462 e. The van der Waals surface area contributed by atoms with Gasteiger partial charge in [-0.15, -0.1) is 0 Å². The van der Waals surface area contributed by atoms with Crippen molar-refractivity contribution in [1.29, 1.82) is 0 Å². The van der Waals surface area contributed by atoms with E-state index in [0.717, 1.165) is 12.8 Å². The molecule has 1 aromatic carbocycles. The molecule has 0 unspecified atom stereocenters. The number of rotatable bonds is 3. The van der Waals surface area contributed by atoms with Gasteiger partial charge in [0.15, 0.2) is 0 Å². The fourth-order valence-electron chi connectivity index (χ4n) is 4.32. The van der Waals surface area contributed by atoms with Gasteiger partial charge in [-0.2, -0.15) is 0 Å². The lowest BCUT2D eigenvalue weighted by Gasteiger charge is -2.38. The van der Waals surface area contributed by atoms with Gasteiger partial charge in [0.05, 0.1) is 29.7 Å². The minimum absolute atomic E-state index is 0.134. The lowest BCUT2D eigenvalue weighted by Crippen LogP contribution is -2.38. The minimum atomic E-state index is -0.447. The van der Waals surface area contributed by atoms with Gasteiger partial charge < -0.3 is 4.74 Å². The fraction of sp³-hybridized carbons (Fsp3) is 0.421. The van der Waals surface area contributed by atoms with Crippen LogP contribution < -0.4 is 4.90 Å². The quantitative estimate of drug-likeness (QED) is 0.487. The SMILES string of the molecule is CCOC(=O)c1cccc(N2C(=O)[C@H]3[C@H](C2=O)[C@H]2C=C[C@H]3CC2)c1. The first-order valence-electron chi connectivity index (χ1n) is 8.45. The standard InChI is InChI=1S/C19H19NO4/c1-2-24-19(23)13-4-3-5-14(10-13)20-17(21)15-11-6-7-12(9-8-11)16(15)18(20)22/h3-7,10-12,15-16H,2,8-9H2,1H3/t11-,12-,15+,16+/m0/s1. The van der Waals surface area contributed by atoms with Crippen LogP contribution in [0.4, 0.5) is 5.69 Å². The van der Waals surface area contributed by atoms with E-state index in [2.05, 4.69) is 12.2 Å². The highest BCUT2D eigenvalue weighted by Gasteiger charge is 2.56. The van der Waals surface area contributed by atoms with Gasteiger partial charge in [-0.1, -0.05) is 18.2 Å². The minimum Gasteiger partial charge on any atom is -0.462 e. The molecule has 0 N–H and O–H groups in total. The van der Waals surface area contributed by atoms with Crippen LogP contribution in [-0.2, 0) is 14.3 Å². The van der Waals surface area contributed by atoms with Crippen LogP contribution in [0.25, 0.3) is 0 Å². The molecule has 2 amide bonds. The first kappa shape index (κ1) is 15.1. The van der Waals surface area contributed by atoms with Crippen LogP contribution in [0.3, 0.4) is 0 Å². The van der Waals surface area contributed by atoms with Crippen molar-refractivity contribution in [1.82, 2.24) is 0 Å². The highest BCUT2D eigenvalue weighted by atomic mass is 16.5. The number of nitrogens with zero attached hydrogens (tertiary/aromatic N) is 1. The summed E-state index contributed by atoms with van der Waals surface area (Å²) in [6.45, 7) is 2.02. The van der Waals surface area contributed by atoms with Crippen LogP contribution in [-0.4, -0.2) is 24.4 Å². The van der Waals surface area contributed by atoms with E-state index in [9.17, 15) is 14.4 Å². The van der Waals surface area contributed by atoms with Gasteiger partial charge >= 0.3 is 5.97 Å². The number of hydrogen-bond donors (Lipinski definition) is 0. The second-order valence-corrected chi connectivity index (χ2v) is 6.62. The first-order valence-corrected chi connectivity index (χ1v) is 8.45. The maximum atomic E-state index is 12.9. The van der Waals surface area contributed by atoms with Crippen LogP contribution in [0.2, 0.25) is 0 Å². The molecule has 1 aliphatic heterocycles. The molecule has 24 heavy (non-hydrogen) atoms. The number of allylic oxidation sites excluding steroid dienone is 2. The van der Waals surface area contributed by atoms with Crippen LogP contribution in [0.1, 0.15) is 30.1 Å². The average Bonchev–Trinajstić information content (AvgIpc) is 2.89. The second kappa shape index (κ2) is 5.58. The van der Waals surface area contributed by atoms with Crippen molar-refractivity contribution in [3.05, 3.63) is 42.0 Å². The van der Waals surface area contributed by atoms with Crippen LogP contribution in [0.5, 0.6) is 0 Å². The van der Waals surface area contributed by atoms with Gasteiger partial charge in [0, 0.05) is 0 Å². The second-order valence-electron chi connectivity index (χ2n) is 6.62. The van der Waals surface area contributed by atoms with Crippen molar-refractivity contribution in [2.75, 3.05) is 11.5 Å². The van der Waals surface area contributed by atoms with E-state index < -0.39 is 5.97 Å². The molecule has 4 aliphatic rings. The van der Waals surface area contributed by atoms with Crippen LogP contribution in [0, 0.1) is 23.7 Å². The average molecular weight is 325 g/mol. The molecule has 2 fully saturated rings. The number of hydrogen-bond acceptors (Lipinski definition) is 4. The summed E-state index contributed by atoms with van der Waals surface area (Å²) >= 11 is 0. The molecule has 4 atom stereocenters. The van der Waals surface area contributed by atoms with Gasteiger partial charge in [-0.3, -0.25) is 9.59 Å². The number of carbonyl (C=O) groups excluding carboxylic acids is 3. The van der Waals surface area contributed by atoms with Crippen molar-refractivity contribution in [3.8, 4) is 0 Å². The number of benzene rings is 1. The molecule has 0 radical (unpaired) electrons. The Morgan fingerprint density at radius 2 is 1.75 bits per heavy atom. The van der Waals surface area contributed by atoms with E-state index in [4.69, 9.17) is 4.74 Å². The summed E-state index contributed by atoms with van der Waals surface area (Å²) in [5.74, 6) is -0.878. The van der Waals surface area contributed by atoms with Crippen molar-refractivity contribution in [2.45, 2.75) is 19.8 Å². The number of esters is 1. The zero-order chi connectivity index (χ0) is 16.8. The van der Waals surface area contributed by atoms with Crippen molar-refractivity contribution >= 4 is 23.5 Å². The highest BCUT2D eigenvalue weighted by Crippen LogP contribution is 2.50. The Morgan fingerprint density at radius 1 is 1.12 bits per heavy atom. The summed E-state index contributed by atoms with van der Waals surface area (Å²) in [4.78, 5) is 39.0. The van der Waals surface area contributed by atoms with E-state index in [1.54, 1.807) is 31.2 Å². The molecule has 1 heterocycles. The number of ether oxygens (including phenoxy) is 1. The van der Waals surface area contributed by atoms with E-state index in [1.165, 1.54) is 4.90 Å². The van der Waals surface area contributed by atoms with Crippen molar-refractivity contribution in [2.24, 2.45) is 23.7 Å². The Hall–Kier alpha value is -2.43. The van der Waals surface area contributed by atoms with Crippen LogP contribution in [0.15, 0.2) is 36.4 Å². The molecule has 5 heteroatoms. The topological polar surface area (TPSA) is 63.7 Å². The third kappa shape index (κ3) is 2.11. The van der Waals surface area contributed by atoms with Crippen molar-refractivity contribution in [3.63, 3.8) is 0 Å². The van der Waals surface area contributed by atoms with E-state index in [0.29, 0.717) is 11.3 Å². The van der Waals surface area contributed by atoms with Gasteiger partial charge in [0.2, 0.25) is 11.8 Å². The van der Waals surface area contributed by atoms with Gasteiger partial charge in [0.1, 0.15) is 0 Å². The summed E-state index contributed by atoms with van der Waals surface area (Å²) in [7, 11) is 0. The summed E-state index contributed by atoms with van der Waals surface area (Å²) in [6.07, 6.45) is 6.13. The number of fused-ring (bicyclic) bond motifs is 1. The Balaban J connectivity index is 1.68. The third-order valence-electron chi connectivity index (χ3n) is 5.37. The Morgan fingerprint density at radius 3 is 2.29 bits per heavy atom. The molecule has 1 aromatic rings. The maximum absolute atomic E-state index is 12.9. The highest BCUT2D eigenvalue weighted by molar-refractivity contribution is 6.22. The number of amides is 2. The summed E-state index contributed by atoms with van der Waals surface area (Å²) in [5.41, 5.74) is 0.815. The lowest BCUT2D eigenvalue weighted by molar-refractivity contribution is -0.124. The molecule has 5 rings (SSSR count). The molecule has 2 bridgehead atoms. The molecule has 1 saturated heterocycles. The number of imide groups is 1. The Labute approximate surface area is 140 Å². The zero-order valence-electron chi connectivity index (χ0n) is 13.5. The normalized spacial score (nSPS) is 30.6. The Kier molecular flexibility index (Phi) is 3.52. The molecule has 0 aromatic heterocycles. The molecular weight excluding hydrogens is 306 g/mol. The number of carbonyl (C=O) groups is 3. The smallest absolute Gasteiger partial charge is 0.338 e. The molecule has 1 saturated carbocycles. The fourth-order valence-corrected chi connectivity index (χ4v) is 4.32.